The van der Waals surface area contributed by atoms with Crippen molar-refractivity contribution >= 4 is 33.1 Å². The predicted molar refractivity (Wildman–Crippen MR) is 89.1 cm³/mol. The van der Waals surface area contributed by atoms with Gasteiger partial charge >= 0.3 is 0 Å². The van der Waals surface area contributed by atoms with Crippen LogP contribution in [0.15, 0.2) is 16.3 Å². The Kier molecular flexibility index (Phi) is 7.53. The second-order valence-corrected chi connectivity index (χ2v) is 9.15. The summed E-state index contributed by atoms with van der Waals surface area (Å²) in [5.74, 6) is 0.956. The number of hydrogen-bond acceptors (Lipinski definition) is 5. The fourth-order valence-electron chi connectivity index (χ4n) is 1.58. The average Bonchev–Trinajstić information content (AvgIpc) is 2.83. The largest absolute Gasteiger partial charge is 0.310 e. The van der Waals surface area contributed by atoms with Crippen molar-refractivity contribution in [1.82, 2.24) is 10.0 Å². The molecule has 0 bridgehead atoms. The van der Waals surface area contributed by atoms with Crippen molar-refractivity contribution < 1.29 is 8.42 Å². The Hall–Kier alpha value is -0.0800. The molecule has 0 aliphatic heterocycles. The Morgan fingerprint density at radius 3 is 2.60 bits per heavy atom. The van der Waals surface area contributed by atoms with E-state index in [1.165, 1.54) is 11.3 Å². The normalized spacial score (nSPS) is 13.8. The molecule has 0 radical (unpaired) electrons. The maximum absolute atomic E-state index is 12.2. The van der Waals surface area contributed by atoms with Crippen LogP contribution in [0.3, 0.4) is 0 Å². The zero-order valence-corrected chi connectivity index (χ0v) is 14.9. The van der Waals surface area contributed by atoms with Gasteiger partial charge in [0.2, 0.25) is 10.0 Å². The van der Waals surface area contributed by atoms with E-state index in [1.807, 2.05) is 19.2 Å². The molecular weight excluding hydrogens is 312 g/mol. The van der Waals surface area contributed by atoms with Crippen LogP contribution >= 0.6 is 23.1 Å². The minimum absolute atomic E-state index is 0.0354. The number of hydrogen-bond donors (Lipinski definition) is 2. The smallest absolute Gasteiger partial charge is 0.250 e. The van der Waals surface area contributed by atoms with Gasteiger partial charge in [0.1, 0.15) is 4.21 Å². The van der Waals surface area contributed by atoms with Gasteiger partial charge in [0.15, 0.2) is 0 Å². The summed E-state index contributed by atoms with van der Waals surface area (Å²) >= 11 is 3.05. The van der Waals surface area contributed by atoms with Crippen molar-refractivity contribution in [3.05, 3.63) is 17.0 Å². The molecule has 0 amide bonds. The summed E-state index contributed by atoms with van der Waals surface area (Å²) in [6, 6.07) is 3.92. The van der Waals surface area contributed by atoms with Gasteiger partial charge in [-0.1, -0.05) is 13.8 Å². The van der Waals surface area contributed by atoms with Crippen LogP contribution in [0.25, 0.3) is 0 Å². The summed E-state index contributed by atoms with van der Waals surface area (Å²) in [5.41, 5.74) is 0. The van der Waals surface area contributed by atoms with Gasteiger partial charge in [-0.15, -0.1) is 11.3 Å². The van der Waals surface area contributed by atoms with Gasteiger partial charge in [-0.05, 0) is 37.5 Å². The van der Waals surface area contributed by atoms with E-state index in [2.05, 4.69) is 23.9 Å². The molecule has 0 fully saturated rings. The lowest BCUT2D eigenvalue weighted by atomic mass is 10.3. The van der Waals surface area contributed by atoms with E-state index in [0.717, 1.165) is 17.1 Å². The van der Waals surface area contributed by atoms with Crippen molar-refractivity contribution in [3.63, 3.8) is 0 Å². The lowest BCUT2D eigenvalue weighted by Crippen LogP contribution is -2.32. The minimum Gasteiger partial charge on any atom is -0.310 e. The number of sulfonamides is 1. The number of thiophene rings is 1. The summed E-state index contributed by atoms with van der Waals surface area (Å²) in [4.78, 5) is 1.04. The molecule has 1 aromatic rings. The standard InChI is InChI=1S/C13H24N2O2S3/c1-10(2)14-9-12-5-6-13(19-12)20(16,17)15-11(3)7-8-18-4/h5-6,10-11,14-15H,7-9H2,1-4H3. The first kappa shape index (κ1) is 18.0. The molecule has 7 heteroatoms. The molecule has 1 aromatic heterocycles. The molecule has 4 nitrogen and oxygen atoms in total. The molecule has 1 heterocycles. The predicted octanol–water partition coefficient (Wildman–Crippen LogP) is 2.67. The van der Waals surface area contributed by atoms with Crippen LogP contribution in [-0.4, -0.2) is 32.5 Å². The van der Waals surface area contributed by atoms with Gasteiger partial charge < -0.3 is 5.32 Å². The first-order valence-electron chi connectivity index (χ1n) is 6.68. The maximum atomic E-state index is 12.2. The van der Waals surface area contributed by atoms with E-state index >= 15 is 0 Å². The Morgan fingerprint density at radius 2 is 2.00 bits per heavy atom. The Balaban J connectivity index is 2.63. The Morgan fingerprint density at radius 1 is 1.30 bits per heavy atom. The van der Waals surface area contributed by atoms with E-state index in [1.54, 1.807) is 17.8 Å². The fraction of sp³-hybridized carbons (Fsp3) is 0.692. The Labute approximate surface area is 130 Å². The molecule has 1 atom stereocenters. The quantitative estimate of drug-likeness (QED) is 0.728. The van der Waals surface area contributed by atoms with Gasteiger partial charge in [0.25, 0.3) is 0 Å². The van der Waals surface area contributed by atoms with Crippen molar-refractivity contribution in [2.75, 3.05) is 12.0 Å². The molecule has 0 aliphatic rings. The molecule has 2 N–H and O–H groups in total. The highest BCUT2D eigenvalue weighted by atomic mass is 32.2. The second-order valence-electron chi connectivity index (χ2n) is 5.06. The third kappa shape index (κ3) is 6.13. The van der Waals surface area contributed by atoms with Crippen molar-refractivity contribution in [2.45, 2.75) is 50.0 Å². The van der Waals surface area contributed by atoms with Gasteiger partial charge in [-0.3, -0.25) is 0 Å². The SMILES string of the molecule is CSCCC(C)NS(=O)(=O)c1ccc(CNC(C)C)s1. The van der Waals surface area contributed by atoms with Crippen LogP contribution < -0.4 is 10.0 Å². The summed E-state index contributed by atoms with van der Waals surface area (Å²) in [7, 11) is -3.38. The van der Waals surface area contributed by atoms with Crippen LogP contribution in [0.1, 0.15) is 32.1 Å². The van der Waals surface area contributed by atoms with E-state index < -0.39 is 10.0 Å². The van der Waals surface area contributed by atoms with Crippen molar-refractivity contribution in [1.29, 1.82) is 0 Å². The van der Waals surface area contributed by atoms with E-state index in [-0.39, 0.29) is 6.04 Å². The van der Waals surface area contributed by atoms with Crippen molar-refractivity contribution in [2.24, 2.45) is 0 Å². The number of rotatable bonds is 9. The van der Waals surface area contributed by atoms with Crippen LogP contribution in [-0.2, 0) is 16.6 Å². The summed E-state index contributed by atoms with van der Waals surface area (Å²) in [5, 5.41) is 3.29. The van der Waals surface area contributed by atoms with Gasteiger partial charge in [-0.25, -0.2) is 13.1 Å². The first-order valence-corrected chi connectivity index (χ1v) is 10.4. The molecule has 20 heavy (non-hydrogen) atoms. The van der Waals surface area contributed by atoms with Crippen LogP contribution in [0.5, 0.6) is 0 Å². The molecular formula is C13H24N2O2S3. The zero-order chi connectivity index (χ0) is 15.2. The molecule has 116 valence electrons. The Bertz CT molecular complexity index is 497. The highest BCUT2D eigenvalue weighted by Gasteiger charge is 2.19. The second kappa shape index (κ2) is 8.38. The van der Waals surface area contributed by atoms with Crippen LogP contribution in [0.2, 0.25) is 0 Å². The minimum atomic E-state index is -3.38. The van der Waals surface area contributed by atoms with Crippen LogP contribution in [0.4, 0.5) is 0 Å². The highest BCUT2D eigenvalue weighted by Crippen LogP contribution is 2.22. The monoisotopic (exact) mass is 336 g/mol. The molecule has 0 aliphatic carbocycles. The highest BCUT2D eigenvalue weighted by molar-refractivity contribution is 7.98. The first-order chi connectivity index (χ1) is 9.35. The van der Waals surface area contributed by atoms with Crippen molar-refractivity contribution in [3.8, 4) is 0 Å². The third-order valence-corrected chi connectivity index (χ3v) is 6.51. The van der Waals surface area contributed by atoms with Crippen LogP contribution in [0, 0.1) is 0 Å². The third-order valence-electron chi connectivity index (χ3n) is 2.70. The molecule has 0 saturated carbocycles. The number of nitrogens with one attached hydrogen (secondary N) is 2. The number of thioether (sulfide) groups is 1. The maximum Gasteiger partial charge on any atom is 0.250 e. The fourth-order valence-corrected chi connectivity index (χ4v) is 4.77. The average molecular weight is 337 g/mol. The lowest BCUT2D eigenvalue weighted by Gasteiger charge is -2.12. The van der Waals surface area contributed by atoms with E-state index in [9.17, 15) is 8.42 Å². The molecule has 0 aromatic carbocycles. The topological polar surface area (TPSA) is 58.2 Å². The van der Waals surface area contributed by atoms with E-state index in [4.69, 9.17) is 0 Å². The zero-order valence-electron chi connectivity index (χ0n) is 12.5. The van der Waals surface area contributed by atoms with Gasteiger partial charge in [0, 0.05) is 23.5 Å². The van der Waals surface area contributed by atoms with Gasteiger partial charge in [-0.2, -0.15) is 11.8 Å². The molecule has 0 spiro atoms. The lowest BCUT2D eigenvalue weighted by molar-refractivity contribution is 0.559. The van der Waals surface area contributed by atoms with E-state index in [0.29, 0.717) is 16.8 Å². The summed E-state index contributed by atoms with van der Waals surface area (Å²) in [6.45, 7) is 6.75. The van der Waals surface area contributed by atoms with Gasteiger partial charge in [0.05, 0.1) is 0 Å². The summed E-state index contributed by atoms with van der Waals surface area (Å²) < 4.78 is 27.6. The molecule has 1 unspecified atom stereocenters. The molecule has 0 saturated heterocycles. The summed E-state index contributed by atoms with van der Waals surface area (Å²) in [6.07, 6.45) is 2.86. The molecule has 1 rings (SSSR count).